The third-order valence-electron chi connectivity index (χ3n) is 2.58. The second kappa shape index (κ2) is 3.45. The molecule has 0 saturated heterocycles. The van der Waals surface area contributed by atoms with Crippen LogP contribution in [0.25, 0.3) is 22.6 Å². The maximum Gasteiger partial charge on any atom is 0.158 e. The van der Waals surface area contributed by atoms with E-state index in [9.17, 15) is 0 Å². The molecule has 0 fully saturated rings. The van der Waals surface area contributed by atoms with Crippen molar-refractivity contribution in [2.75, 3.05) is 0 Å². The summed E-state index contributed by atoms with van der Waals surface area (Å²) in [7, 11) is 2.00. The van der Waals surface area contributed by atoms with Crippen molar-refractivity contribution in [3.8, 4) is 11.5 Å². The fraction of sp³-hybridized carbons (Fsp3) is 0.0909. The van der Waals surface area contributed by atoms with E-state index in [-0.39, 0.29) is 0 Å². The Labute approximate surface area is 100 Å². The lowest BCUT2D eigenvalue weighted by atomic mass is 10.3. The fourth-order valence-electron chi connectivity index (χ4n) is 1.79. The second-order valence-electron chi connectivity index (χ2n) is 3.60. The molecule has 0 aliphatic rings. The van der Waals surface area contributed by atoms with Gasteiger partial charge in [-0.05, 0) is 24.3 Å². The minimum atomic E-state index is 0.894. The standard InChI is InChI=1S/C11H9BrN4/c1-16-10-3-2-7(12)6-9(10)14-11(16)8-4-5-13-15-8/h2-6H,1H3,(H,13,15). The summed E-state index contributed by atoms with van der Waals surface area (Å²) in [6, 6.07) is 7.98. The van der Waals surface area contributed by atoms with Crippen molar-refractivity contribution < 1.29 is 0 Å². The van der Waals surface area contributed by atoms with Crippen LogP contribution in [0.2, 0.25) is 0 Å². The molecule has 16 heavy (non-hydrogen) atoms. The first-order chi connectivity index (χ1) is 7.75. The molecule has 3 aromatic rings. The van der Waals surface area contributed by atoms with Gasteiger partial charge in [0.25, 0.3) is 0 Å². The Balaban J connectivity index is 2.31. The Morgan fingerprint density at radius 2 is 2.19 bits per heavy atom. The van der Waals surface area contributed by atoms with Gasteiger partial charge in [0, 0.05) is 17.7 Å². The van der Waals surface area contributed by atoms with Crippen molar-refractivity contribution in [1.29, 1.82) is 0 Å². The highest BCUT2D eigenvalue weighted by molar-refractivity contribution is 9.10. The third-order valence-corrected chi connectivity index (χ3v) is 3.08. The van der Waals surface area contributed by atoms with Crippen LogP contribution in [0.1, 0.15) is 0 Å². The van der Waals surface area contributed by atoms with Crippen LogP contribution in [-0.2, 0) is 7.05 Å². The summed E-state index contributed by atoms with van der Waals surface area (Å²) in [5.41, 5.74) is 3.00. The number of hydrogen-bond donors (Lipinski definition) is 1. The molecule has 2 aromatic heterocycles. The first-order valence-electron chi connectivity index (χ1n) is 4.87. The molecular weight excluding hydrogens is 268 g/mol. The third kappa shape index (κ3) is 1.36. The van der Waals surface area contributed by atoms with Gasteiger partial charge in [-0.15, -0.1) is 0 Å². The predicted octanol–water partition coefficient (Wildman–Crippen LogP) is 2.73. The lowest BCUT2D eigenvalue weighted by Crippen LogP contribution is -1.92. The van der Waals surface area contributed by atoms with Gasteiger partial charge in [0.1, 0.15) is 5.69 Å². The summed E-state index contributed by atoms with van der Waals surface area (Å²) in [6.07, 6.45) is 1.73. The molecule has 0 saturated carbocycles. The van der Waals surface area contributed by atoms with E-state index in [1.807, 2.05) is 31.3 Å². The Morgan fingerprint density at radius 1 is 1.31 bits per heavy atom. The Kier molecular flexibility index (Phi) is 2.07. The highest BCUT2D eigenvalue weighted by atomic mass is 79.9. The largest absolute Gasteiger partial charge is 0.326 e. The van der Waals surface area contributed by atoms with E-state index < -0.39 is 0 Å². The Morgan fingerprint density at radius 3 is 2.94 bits per heavy atom. The zero-order chi connectivity index (χ0) is 11.1. The van der Waals surface area contributed by atoms with Crippen LogP contribution in [0.15, 0.2) is 34.9 Å². The molecule has 3 rings (SSSR count). The van der Waals surface area contributed by atoms with Gasteiger partial charge in [-0.1, -0.05) is 15.9 Å². The zero-order valence-corrected chi connectivity index (χ0v) is 10.2. The number of fused-ring (bicyclic) bond motifs is 1. The number of H-pyrrole nitrogens is 1. The highest BCUT2D eigenvalue weighted by Crippen LogP contribution is 2.24. The number of hydrogen-bond acceptors (Lipinski definition) is 2. The molecule has 80 valence electrons. The average Bonchev–Trinajstić information content (AvgIpc) is 2.86. The molecule has 0 amide bonds. The summed E-state index contributed by atoms with van der Waals surface area (Å²) in [5.74, 6) is 0.894. The lowest BCUT2D eigenvalue weighted by Gasteiger charge is -1.98. The molecular formula is C11H9BrN4. The van der Waals surface area contributed by atoms with Crippen LogP contribution in [0.5, 0.6) is 0 Å². The van der Waals surface area contributed by atoms with E-state index >= 15 is 0 Å². The van der Waals surface area contributed by atoms with Gasteiger partial charge in [-0.25, -0.2) is 4.98 Å². The number of aryl methyl sites for hydroxylation is 1. The van der Waals surface area contributed by atoms with E-state index in [1.165, 1.54) is 0 Å². The van der Waals surface area contributed by atoms with Crippen LogP contribution < -0.4 is 0 Å². The molecule has 0 aliphatic carbocycles. The fourth-order valence-corrected chi connectivity index (χ4v) is 2.14. The number of aromatic nitrogens is 4. The number of benzene rings is 1. The molecule has 4 nitrogen and oxygen atoms in total. The van der Waals surface area contributed by atoms with Gasteiger partial charge in [-0.2, -0.15) is 5.10 Å². The van der Waals surface area contributed by atoms with Gasteiger partial charge >= 0.3 is 0 Å². The molecule has 0 aliphatic heterocycles. The Hall–Kier alpha value is -1.62. The molecule has 1 aromatic carbocycles. The first kappa shape index (κ1) is 9.59. The molecule has 0 bridgehead atoms. The van der Waals surface area contributed by atoms with E-state index in [2.05, 4.69) is 35.7 Å². The molecule has 1 N–H and O–H groups in total. The average molecular weight is 277 g/mol. The lowest BCUT2D eigenvalue weighted by molar-refractivity contribution is 0.944. The summed E-state index contributed by atoms with van der Waals surface area (Å²) in [6.45, 7) is 0. The molecule has 0 atom stereocenters. The summed E-state index contributed by atoms with van der Waals surface area (Å²) in [4.78, 5) is 4.58. The van der Waals surface area contributed by atoms with Crippen molar-refractivity contribution in [1.82, 2.24) is 19.7 Å². The topological polar surface area (TPSA) is 46.5 Å². The van der Waals surface area contributed by atoms with E-state index in [4.69, 9.17) is 0 Å². The van der Waals surface area contributed by atoms with Crippen molar-refractivity contribution >= 4 is 27.0 Å². The Bertz CT molecular complexity index is 639. The zero-order valence-electron chi connectivity index (χ0n) is 8.61. The van der Waals surface area contributed by atoms with E-state index in [0.29, 0.717) is 0 Å². The van der Waals surface area contributed by atoms with Gasteiger partial charge in [0.2, 0.25) is 0 Å². The number of aromatic amines is 1. The smallest absolute Gasteiger partial charge is 0.158 e. The predicted molar refractivity (Wildman–Crippen MR) is 66.0 cm³/mol. The quantitative estimate of drug-likeness (QED) is 0.743. The van der Waals surface area contributed by atoms with Crippen LogP contribution in [0.3, 0.4) is 0 Å². The van der Waals surface area contributed by atoms with Crippen molar-refractivity contribution in [2.45, 2.75) is 0 Å². The number of rotatable bonds is 1. The van der Waals surface area contributed by atoms with Crippen molar-refractivity contribution in [3.05, 3.63) is 34.9 Å². The minimum Gasteiger partial charge on any atom is -0.326 e. The summed E-state index contributed by atoms with van der Waals surface area (Å²) in [5, 5.41) is 6.86. The molecule has 2 heterocycles. The summed E-state index contributed by atoms with van der Waals surface area (Å²) >= 11 is 3.45. The highest BCUT2D eigenvalue weighted by Gasteiger charge is 2.10. The van der Waals surface area contributed by atoms with E-state index in [1.54, 1.807) is 6.20 Å². The van der Waals surface area contributed by atoms with Crippen LogP contribution in [0.4, 0.5) is 0 Å². The van der Waals surface area contributed by atoms with Crippen LogP contribution >= 0.6 is 15.9 Å². The minimum absolute atomic E-state index is 0.894. The molecule has 0 spiro atoms. The van der Waals surface area contributed by atoms with E-state index in [0.717, 1.165) is 27.0 Å². The monoisotopic (exact) mass is 276 g/mol. The van der Waals surface area contributed by atoms with Crippen molar-refractivity contribution in [2.24, 2.45) is 7.05 Å². The van der Waals surface area contributed by atoms with Gasteiger partial charge in [0.05, 0.1) is 11.0 Å². The first-order valence-corrected chi connectivity index (χ1v) is 5.67. The van der Waals surface area contributed by atoms with Gasteiger partial charge in [0.15, 0.2) is 5.82 Å². The van der Waals surface area contributed by atoms with Gasteiger partial charge < -0.3 is 4.57 Å². The molecule has 0 radical (unpaired) electrons. The van der Waals surface area contributed by atoms with Crippen LogP contribution in [0, 0.1) is 0 Å². The van der Waals surface area contributed by atoms with Crippen LogP contribution in [-0.4, -0.2) is 19.7 Å². The maximum absolute atomic E-state index is 4.58. The summed E-state index contributed by atoms with van der Waals surface area (Å²) < 4.78 is 3.09. The normalized spacial score (nSPS) is 11.1. The maximum atomic E-state index is 4.58. The van der Waals surface area contributed by atoms with Gasteiger partial charge in [-0.3, -0.25) is 5.10 Å². The number of imidazole rings is 1. The van der Waals surface area contributed by atoms with Crippen molar-refractivity contribution in [3.63, 3.8) is 0 Å². The SMILES string of the molecule is Cn1c(-c2ccn[nH]2)nc2cc(Br)ccc21. The molecule has 5 heteroatoms. The number of nitrogens with zero attached hydrogens (tertiary/aromatic N) is 3. The number of halogens is 1. The molecule has 0 unspecified atom stereocenters. The number of nitrogens with one attached hydrogen (secondary N) is 1. The second-order valence-corrected chi connectivity index (χ2v) is 4.51.